The van der Waals surface area contributed by atoms with Crippen molar-refractivity contribution >= 4 is 17.7 Å². The number of benzene rings is 1. The molecule has 1 amide bonds. The highest BCUT2D eigenvalue weighted by molar-refractivity contribution is 5.91. The van der Waals surface area contributed by atoms with Gasteiger partial charge in [-0.3, -0.25) is 14.4 Å². The fourth-order valence-electron chi connectivity index (χ4n) is 6.68. The van der Waals surface area contributed by atoms with Gasteiger partial charge in [-0.25, -0.2) is 0 Å². The summed E-state index contributed by atoms with van der Waals surface area (Å²) in [6.45, 7) is 10.5. The number of ketones is 1. The van der Waals surface area contributed by atoms with Crippen molar-refractivity contribution in [3.05, 3.63) is 72.4 Å². The van der Waals surface area contributed by atoms with Crippen molar-refractivity contribution in [1.29, 1.82) is 0 Å². The minimum absolute atomic E-state index is 0.287. The largest absolute Gasteiger partial charge is 0.457 e. The number of Topliss-reactive ketones (excluding diaryl/α,β-unsaturated/α-hetero) is 1. The average molecular weight is 508 g/mol. The summed E-state index contributed by atoms with van der Waals surface area (Å²) >= 11 is 0. The molecule has 2 fully saturated rings. The predicted molar refractivity (Wildman–Crippen MR) is 139 cm³/mol. The van der Waals surface area contributed by atoms with Crippen LogP contribution >= 0.6 is 0 Å². The molecule has 1 aromatic rings. The van der Waals surface area contributed by atoms with Crippen molar-refractivity contribution < 1.29 is 29.3 Å². The molecule has 1 spiro atoms. The van der Waals surface area contributed by atoms with Gasteiger partial charge in [0.2, 0.25) is 5.91 Å². The van der Waals surface area contributed by atoms with Gasteiger partial charge in [0.05, 0.1) is 6.10 Å². The number of ether oxygens (including phenoxy) is 1. The van der Waals surface area contributed by atoms with Crippen LogP contribution in [0.15, 0.2) is 66.8 Å². The van der Waals surface area contributed by atoms with Crippen molar-refractivity contribution in [2.75, 3.05) is 0 Å². The second kappa shape index (κ2) is 10.0. The Labute approximate surface area is 218 Å². The fourth-order valence-corrected chi connectivity index (χ4v) is 6.68. The van der Waals surface area contributed by atoms with E-state index in [1.807, 2.05) is 37.3 Å². The zero-order chi connectivity index (χ0) is 27.1. The van der Waals surface area contributed by atoms with Crippen LogP contribution < -0.4 is 5.32 Å². The van der Waals surface area contributed by atoms with Crippen LogP contribution in [0, 0.1) is 29.1 Å². The van der Waals surface area contributed by atoms with Gasteiger partial charge >= 0.3 is 5.97 Å². The van der Waals surface area contributed by atoms with Crippen LogP contribution in [0.5, 0.6) is 0 Å². The summed E-state index contributed by atoms with van der Waals surface area (Å²) < 4.78 is 5.81. The van der Waals surface area contributed by atoms with Gasteiger partial charge in [-0.15, -0.1) is 0 Å². The molecule has 7 heteroatoms. The Morgan fingerprint density at radius 3 is 2.51 bits per heavy atom. The van der Waals surface area contributed by atoms with Gasteiger partial charge in [-0.05, 0) is 49.0 Å². The standard InChI is InChI=1S/C30H37NO6/c1-17-10-9-13-22-26(33)19(3)18(2)25-23(16-21-11-7-6-8-12-21)31-28(35)30(22,25)24(37-20(4)32)14-15-29(5,36)27(17)34/h6-9,11-15,17-18,22-26,33,36H,3,10,16H2,1-2,4-5H3,(H,31,35)/b13-9+,15-14+/t17-,18+,22-,23-,24+,25-,26?,29+,30+/m0/s1. The fraction of sp³-hybridized carbons (Fsp3) is 0.500. The molecule has 3 aliphatic rings. The van der Waals surface area contributed by atoms with Gasteiger partial charge in [0.25, 0.3) is 0 Å². The molecule has 7 nitrogen and oxygen atoms in total. The van der Waals surface area contributed by atoms with Crippen molar-refractivity contribution in [1.82, 2.24) is 5.32 Å². The van der Waals surface area contributed by atoms with E-state index in [9.17, 15) is 24.6 Å². The zero-order valence-electron chi connectivity index (χ0n) is 21.9. The molecule has 198 valence electrons. The molecule has 0 bridgehead atoms. The average Bonchev–Trinajstić information content (AvgIpc) is 3.13. The van der Waals surface area contributed by atoms with E-state index in [2.05, 4.69) is 11.9 Å². The van der Waals surface area contributed by atoms with E-state index < -0.39 is 46.9 Å². The quantitative estimate of drug-likeness (QED) is 0.428. The summed E-state index contributed by atoms with van der Waals surface area (Å²) in [6.07, 6.45) is 5.01. The topological polar surface area (TPSA) is 113 Å². The van der Waals surface area contributed by atoms with Crippen LogP contribution in [-0.2, 0) is 25.5 Å². The molecule has 2 aliphatic carbocycles. The maximum absolute atomic E-state index is 14.2. The highest BCUT2D eigenvalue weighted by Crippen LogP contribution is 2.58. The number of aliphatic hydroxyl groups is 2. The van der Waals surface area contributed by atoms with Gasteiger partial charge < -0.3 is 20.3 Å². The van der Waals surface area contributed by atoms with E-state index in [0.717, 1.165) is 5.56 Å². The van der Waals surface area contributed by atoms with E-state index in [0.29, 0.717) is 18.4 Å². The molecular formula is C30H37NO6. The van der Waals surface area contributed by atoms with Gasteiger partial charge in [0.1, 0.15) is 17.1 Å². The van der Waals surface area contributed by atoms with E-state index in [1.165, 1.54) is 26.0 Å². The maximum Gasteiger partial charge on any atom is 0.303 e. The summed E-state index contributed by atoms with van der Waals surface area (Å²) in [7, 11) is 0. The minimum Gasteiger partial charge on any atom is -0.457 e. The van der Waals surface area contributed by atoms with Crippen LogP contribution in [0.25, 0.3) is 0 Å². The van der Waals surface area contributed by atoms with Gasteiger partial charge in [0, 0.05) is 30.7 Å². The molecule has 1 saturated carbocycles. The summed E-state index contributed by atoms with van der Waals surface area (Å²) in [5, 5.41) is 25.7. The molecule has 1 heterocycles. The number of carbonyl (C=O) groups excluding carboxylic acids is 3. The number of nitrogens with one attached hydrogen (secondary N) is 1. The molecular weight excluding hydrogens is 470 g/mol. The summed E-state index contributed by atoms with van der Waals surface area (Å²) in [5.41, 5.74) is -1.55. The number of rotatable bonds is 3. The SMILES string of the molecule is C=C1C(O)[C@@H]2/C=C/C[C@H](C)C(=O)[C@](C)(O)/C=C/[C@@H](OC(C)=O)[C@]23C(=O)N[C@@H](Cc2ccccc2)[C@@H]3[C@@H]1C. The molecule has 1 aromatic carbocycles. The number of esters is 1. The van der Waals surface area contributed by atoms with Crippen molar-refractivity contribution in [2.24, 2.45) is 29.1 Å². The van der Waals surface area contributed by atoms with E-state index >= 15 is 0 Å². The predicted octanol–water partition coefficient (Wildman–Crippen LogP) is 2.92. The zero-order valence-corrected chi connectivity index (χ0v) is 21.9. The highest BCUT2D eigenvalue weighted by atomic mass is 16.5. The lowest BCUT2D eigenvalue weighted by molar-refractivity contribution is -0.166. The number of allylic oxidation sites excluding steroid dienone is 1. The third kappa shape index (κ3) is 4.59. The Morgan fingerprint density at radius 2 is 1.86 bits per heavy atom. The number of carbonyl (C=O) groups is 3. The highest BCUT2D eigenvalue weighted by Gasteiger charge is 2.68. The van der Waals surface area contributed by atoms with Gasteiger partial charge in [-0.2, -0.15) is 0 Å². The lowest BCUT2D eigenvalue weighted by Crippen LogP contribution is -2.60. The molecule has 3 N–H and O–H groups in total. The van der Waals surface area contributed by atoms with Gasteiger partial charge in [-0.1, -0.05) is 62.9 Å². The third-order valence-electron chi connectivity index (χ3n) is 8.53. The Kier molecular flexibility index (Phi) is 7.32. The molecule has 1 saturated heterocycles. The van der Waals surface area contributed by atoms with Crippen LogP contribution in [-0.4, -0.2) is 51.7 Å². The summed E-state index contributed by atoms with van der Waals surface area (Å²) in [6, 6.07) is 9.49. The van der Waals surface area contributed by atoms with Crippen LogP contribution in [0.4, 0.5) is 0 Å². The maximum atomic E-state index is 14.2. The Balaban J connectivity index is 1.94. The lowest BCUT2D eigenvalue weighted by Gasteiger charge is -2.52. The first-order chi connectivity index (χ1) is 17.4. The number of aliphatic hydroxyl groups excluding tert-OH is 1. The van der Waals surface area contributed by atoms with E-state index in [-0.39, 0.29) is 23.7 Å². The van der Waals surface area contributed by atoms with Crippen molar-refractivity contribution in [2.45, 2.75) is 64.4 Å². The Bertz CT molecular complexity index is 1140. The number of hydrogen-bond acceptors (Lipinski definition) is 6. The third-order valence-corrected chi connectivity index (χ3v) is 8.53. The van der Waals surface area contributed by atoms with Crippen molar-refractivity contribution in [3.8, 4) is 0 Å². The minimum atomic E-state index is -1.82. The van der Waals surface area contributed by atoms with Crippen LogP contribution in [0.3, 0.4) is 0 Å². The first-order valence-corrected chi connectivity index (χ1v) is 12.9. The first-order valence-electron chi connectivity index (χ1n) is 12.9. The first kappa shape index (κ1) is 27.0. The molecule has 4 rings (SSSR count). The number of amides is 1. The monoisotopic (exact) mass is 507 g/mol. The molecule has 37 heavy (non-hydrogen) atoms. The second-order valence-electron chi connectivity index (χ2n) is 11.0. The number of hydrogen-bond donors (Lipinski definition) is 3. The van der Waals surface area contributed by atoms with Crippen LogP contribution in [0.2, 0.25) is 0 Å². The Morgan fingerprint density at radius 1 is 1.19 bits per heavy atom. The van der Waals surface area contributed by atoms with E-state index in [4.69, 9.17) is 4.74 Å². The van der Waals surface area contributed by atoms with Crippen LogP contribution in [0.1, 0.15) is 39.7 Å². The molecule has 0 aromatic heterocycles. The summed E-state index contributed by atoms with van der Waals surface area (Å²) in [5.74, 6) is -3.26. The molecule has 1 aliphatic heterocycles. The molecule has 9 atom stereocenters. The Hall–Kier alpha value is -3.03. The molecule has 0 radical (unpaired) electrons. The molecule has 1 unspecified atom stereocenters. The van der Waals surface area contributed by atoms with E-state index in [1.54, 1.807) is 19.1 Å². The second-order valence-corrected chi connectivity index (χ2v) is 11.0. The smallest absolute Gasteiger partial charge is 0.303 e. The normalized spacial score (nSPS) is 41.6. The summed E-state index contributed by atoms with van der Waals surface area (Å²) in [4.78, 5) is 39.5. The lowest BCUT2D eigenvalue weighted by atomic mass is 9.51. The van der Waals surface area contributed by atoms with Crippen molar-refractivity contribution in [3.63, 3.8) is 0 Å². The van der Waals surface area contributed by atoms with Gasteiger partial charge in [0.15, 0.2) is 5.78 Å².